The van der Waals surface area contributed by atoms with Crippen molar-refractivity contribution in [2.24, 2.45) is 0 Å². The van der Waals surface area contributed by atoms with Gasteiger partial charge in [0.15, 0.2) is 11.3 Å². The van der Waals surface area contributed by atoms with Crippen LogP contribution in [0.15, 0.2) is 53.2 Å². The van der Waals surface area contributed by atoms with Crippen LogP contribution in [0, 0.1) is 11.3 Å². The zero-order chi connectivity index (χ0) is 24.5. The molecule has 0 radical (unpaired) electrons. The van der Waals surface area contributed by atoms with Gasteiger partial charge in [-0.05, 0) is 36.2 Å². The van der Waals surface area contributed by atoms with Crippen LogP contribution in [0.2, 0.25) is 0 Å². The van der Waals surface area contributed by atoms with Crippen LogP contribution in [0.5, 0.6) is 5.75 Å². The molecule has 5 rings (SSSR count). The van der Waals surface area contributed by atoms with Gasteiger partial charge in [0.25, 0.3) is 0 Å². The lowest BCUT2D eigenvalue weighted by molar-refractivity contribution is 0.0600. The third kappa shape index (κ3) is 4.04. The van der Waals surface area contributed by atoms with Gasteiger partial charge in [-0.25, -0.2) is 14.2 Å². The fourth-order valence-electron chi connectivity index (χ4n) is 4.30. The molecule has 0 saturated carbocycles. The molecule has 3 aromatic heterocycles. The van der Waals surface area contributed by atoms with E-state index in [2.05, 4.69) is 16.0 Å². The summed E-state index contributed by atoms with van der Waals surface area (Å²) in [5, 5.41) is 9.76. The van der Waals surface area contributed by atoms with Crippen molar-refractivity contribution < 1.29 is 23.1 Å². The third-order valence-electron chi connectivity index (χ3n) is 6.04. The average Bonchev–Trinajstić information content (AvgIpc) is 3.53. The van der Waals surface area contributed by atoms with Crippen LogP contribution in [0.3, 0.4) is 0 Å². The van der Waals surface area contributed by atoms with Gasteiger partial charge in [0.1, 0.15) is 29.2 Å². The molecular weight excluding hydrogens is 451 g/mol. The van der Waals surface area contributed by atoms with Crippen molar-refractivity contribution in [1.29, 1.82) is 5.26 Å². The Kier molecular flexibility index (Phi) is 5.79. The van der Waals surface area contributed by atoms with E-state index in [4.69, 9.17) is 13.9 Å². The first-order valence-corrected chi connectivity index (χ1v) is 11.0. The third-order valence-corrected chi connectivity index (χ3v) is 6.04. The highest BCUT2D eigenvalue weighted by molar-refractivity contribution is 5.94. The number of nitrogens with zero attached hydrogens (tertiary/aromatic N) is 4. The first kappa shape index (κ1) is 22.3. The Hall–Kier alpha value is -4.45. The molecule has 9 heteroatoms. The van der Waals surface area contributed by atoms with Gasteiger partial charge in [-0.1, -0.05) is 6.07 Å². The number of aromatic nitrogens is 2. The van der Waals surface area contributed by atoms with Crippen LogP contribution in [0.25, 0.3) is 33.7 Å². The highest BCUT2D eigenvalue weighted by atomic mass is 19.1. The smallest absolute Gasteiger partial charge is 0.339 e. The minimum Gasteiger partial charge on any atom is -0.494 e. The molecule has 0 unspecified atom stereocenters. The highest BCUT2D eigenvalue weighted by Crippen LogP contribution is 2.37. The normalized spacial score (nSPS) is 15.3. The summed E-state index contributed by atoms with van der Waals surface area (Å²) in [4.78, 5) is 22.5. The number of anilines is 1. The number of furan rings is 1. The van der Waals surface area contributed by atoms with Crippen molar-refractivity contribution in [2.75, 3.05) is 32.2 Å². The lowest BCUT2D eigenvalue weighted by atomic mass is 10.0. The number of nitriles is 1. The van der Waals surface area contributed by atoms with Gasteiger partial charge in [-0.3, -0.25) is 4.98 Å². The monoisotopic (exact) mass is 472 g/mol. The summed E-state index contributed by atoms with van der Waals surface area (Å²) in [5.74, 6) is 0.237. The van der Waals surface area contributed by atoms with Crippen molar-refractivity contribution in [2.45, 2.75) is 12.6 Å². The standard InChI is InChI=1S/C26H21FN4O4/c1-33-22-10-17(26(32)34-2)13-30-24(22)23-11-20-25(35-23)19(5-7-29-20)15-3-4-21(16(9-15)12-28)31-8-6-18(27)14-31/h3-5,7,9-11,13,18H,6,8,14H2,1-2H3/t18-/m1/s1. The average molecular weight is 472 g/mol. The van der Waals surface area contributed by atoms with Gasteiger partial charge < -0.3 is 18.8 Å². The summed E-state index contributed by atoms with van der Waals surface area (Å²) in [7, 11) is 2.77. The van der Waals surface area contributed by atoms with E-state index >= 15 is 0 Å². The molecule has 0 bridgehead atoms. The molecule has 0 N–H and O–H groups in total. The Balaban J connectivity index is 1.56. The quantitative estimate of drug-likeness (QED) is 0.383. The van der Waals surface area contributed by atoms with Crippen LogP contribution in [0.1, 0.15) is 22.3 Å². The van der Waals surface area contributed by atoms with Crippen LogP contribution in [-0.2, 0) is 4.74 Å². The lowest BCUT2D eigenvalue weighted by Gasteiger charge is -2.19. The largest absolute Gasteiger partial charge is 0.494 e. The molecular formula is C26H21FN4O4. The number of pyridine rings is 2. The molecule has 176 valence electrons. The molecule has 1 saturated heterocycles. The van der Waals surface area contributed by atoms with E-state index < -0.39 is 12.1 Å². The molecule has 1 atom stereocenters. The van der Waals surface area contributed by atoms with E-state index in [0.29, 0.717) is 53.4 Å². The summed E-state index contributed by atoms with van der Waals surface area (Å²) in [6, 6.07) is 12.8. The molecule has 0 spiro atoms. The van der Waals surface area contributed by atoms with E-state index in [9.17, 15) is 14.4 Å². The van der Waals surface area contributed by atoms with E-state index in [1.54, 1.807) is 18.3 Å². The second-order valence-corrected chi connectivity index (χ2v) is 8.13. The number of alkyl halides is 1. The summed E-state index contributed by atoms with van der Waals surface area (Å²) in [6.07, 6.45) is 2.64. The first-order valence-electron chi connectivity index (χ1n) is 11.0. The second kappa shape index (κ2) is 9.06. The predicted molar refractivity (Wildman–Crippen MR) is 127 cm³/mol. The number of benzene rings is 1. The Bertz CT molecular complexity index is 1480. The van der Waals surface area contributed by atoms with Gasteiger partial charge in [0.2, 0.25) is 0 Å². The van der Waals surface area contributed by atoms with Crippen molar-refractivity contribution >= 4 is 22.8 Å². The fraction of sp³-hybridized carbons (Fsp3) is 0.231. The maximum Gasteiger partial charge on any atom is 0.339 e. The van der Waals surface area contributed by atoms with Crippen LogP contribution >= 0.6 is 0 Å². The maximum atomic E-state index is 13.7. The Labute approximate surface area is 200 Å². The number of halogens is 1. The summed E-state index contributed by atoms with van der Waals surface area (Å²) >= 11 is 0. The lowest BCUT2D eigenvalue weighted by Crippen LogP contribution is -2.20. The Morgan fingerprint density at radius 1 is 1.23 bits per heavy atom. The topological polar surface area (TPSA) is 101 Å². The molecule has 1 aliphatic heterocycles. The van der Waals surface area contributed by atoms with E-state index in [0.717, 1.165) is 16.8 Å². The van der Waals surface area contributed by atoms with E-state index in [-0.39, 0.29) is 5.56 Å². The van der Waals surface area contributed by atoms with E-state index in [1.165, 1.54) is 26.5 Å². The number of esters is 1. The van der Waals surface area contributed by atoms with Crippen LogP contribution in [0.4, 0.5) is 10.1 Å². The summed E-state index contributed by atoms with van der Waals surface area (Å²) < 4.78 is 30.0. The van der Waals surface area contributed by atoms with E-state index in [1.807, 2.05) is 23.1 Å². The number of hydrogen-bond donors (Lipinski definition) is 0. The molecule has 8 nitrogen and oxygen atoms in total. The minimum atomic E-state index is -0.880. The number of fused-ring (bicyclic) bond motifs is 1. The number of rotatable bonds is 5. The molecule has 4 aromatic rings. The van der Waals surface area contributed by atoms with Crippen LogP contribution in [-0.4, -0.2) is 49.4 Å². The Morgan fingerprint density at radius 3 is 2.80 bits per heavy atom. The SMILES string of the molecule is COC(=O)c1cnc(-c2cc3nccc(-c4ccc(N5CC[C@@H](F)C5)c(C#N)c4)c3o2)c(OC)c1. The fourth-order valence-corrected chi connectivity index (χ4v) is 4.30. The molecule has 1 fully saturated rings. The zero-order valence-corrected chi connectivity index (χ0v) is 19.1. The maximum absolute atomic E-state index is 13.7. The highest BCUT2D eigenvalue weighted by Gasteiger charge is 2.24. The molecule has 1 aromatic carbocycles. The van der Waals surface area contributed by atoms with Gasteiger partial charge in [0, 0.05) is 37.1 Å². The molecule has 0 amide bonds. The minimum absolute atomic E-state index is 0.254. The van der Waals surface area contributed by atoms with Gasteiger partial charge in [0.05, 0.1) is 31.0 Å². The van der Waals surface area contributed by atoms with Crippen LogP contribution < -0.4 is 9.64 Å². The number of carbonyl (C=O) groups is 1. The number of methoxy groups -OCH3 is 2. The zero-order valence-electron chi connectivity index (χ0n) is 19.1. The molecule has 4 heterocycles. The van der Waals surface area contributed by atoms with Gasteiger partial charge in [-0.2, -0.15) is 5.26 Å². The van der Waals surface area contributed by atoms with Crippen molar-refractivity contribution in [3.63, 3.8) is 0 Å². The van der Waals surface area contributed by atoms with Gasteiger partial charge in [-0.15, -0.1) is 0 Å². The second-order valence-electron chi connectivity index (χ2n) is 8.13. The van der Waals surface area contributed by atoms with Gasteiger partial charge >= 0.3 is 5.97 Å². The predicted octanol–water partition coefficient (Wildman–Crippen LogP) is 4.77. The number of ether oxygens (including phenoxy) is 2. The number of carbonyl (C=O) groups excluding carboxylic acids is 1. The summed E-state index contributed by atoms with van der Waals surface area (Å²) in [5.41, 5.74) is 4.49. The molecule has 1 aliphatic rings. The Morgan fingerprint density at radius 2 is 2.09 bits per heavy atom. The van der Waals surface area contributed by atoms with Crippen molar-refractivity contribution in [1.82, 2.24) is 9.97 Å². The molecule has 35 heavy (non-hydrogen) atoms. The number of hydrogen-bond acceptors (Lipinski definition) is 8. The first-order chi connectivity index (χ1) is 17.0. The summed E-state index contributed by atoms with van der Waals surface area (Å²) in [6.45, 7) is 0.874. The van der Waals surface area contributed by atoms with Crippen molar-refractivity contribution in [3.05, 3.63) is 59.9 Å². The van der Waals surface area contributed by atoms with Crippen molar-refractivity contribution in [3.8, 4) is 34.4 Å². The molecule has 0 aliphatic carbocycles.